The van der Waals surface area contributed by atoms with E-state index in [1.807, 2.05) is 60.7 Å². The number of H-pyrrole nitrogens is 1. The summed E-state index contributed by atoms with van der Waals surface area (Å²) in [6.45, 7) is 1.49. The van der Waals surface area contributed by atoms with Crippen LogP contribution in [0.4, 0.5) is 5.69 Å². The predicted octanol–water partition coefficient (Wildman–Crippen LogP) is 4.26. The van der Waals surface area contributed by atoms with Gasteiger partial charge in [-0.2, -0.15) is 5.10 Å². The molecular weight excluding hydrogens is 340 g/mol. The normalized spacial score (nSPS) is 10.7. The number of hydrogen-bond donors (Lipinski definition) is 2. The number of methoxy groups -OCH3 is 1. The first-order valence-electron chi connectivity index (χ1n) is 8.51. The molecule has 0 fully saturated rings. The first kappa shape index (κ1) is 16.8. The topological polar surface area (TPSA) is 79.9 Å². The minimum absolute atomic E-state index is 0.0927. The number of amides is 1. The van der Waals surface area contributed by atoms with Crippen molar-refractivity contribution in [1.82, 2.24) is 15.2 Å². The van der Waals surface area contributed by atoms with Gasteiger partial charge in [-0.1, -0.05) is 12.1 Å². The monoisotopic (exact) mass is 358 g/mol. The summed E-state index contributed by atoms with van der Waals surface area (Å²) in [5.41, 5.74) is 5.14. The zero-order chi connectivity index (χ0) is 18.8. The van der Waals surface area contributed by atoms with Gasteiger partial charge in [0, 0.05) is 29.1 Å². The number of aromatic amines is 1. The summed E-state index contributed by atoms with van der Waals surface area (Å²) in [6, 6.07) is 19.4. The summed E-state index contributed by atoms with van der Waals surface area (Å²) in [7, 11) is 1.65. The molecule has 0 saturated heterocycles. The zero-order valence-corrected chi connectivity index (χ0v) is 15.0. The van der Waals surface area contributed by atoms with Gasteiger partial charge in [-0.3, -0.25) is 9.89 Å². The Labute approximate surface area is 156 Å². The van der Waals surface area contributed by atoms with Gasteiger partial charge in [0.15, 0.2) is 5.65 Å². The molecule has 2 N–H and O–H groups in total. The van der Waals surface area contributed by atoms with Crippen molar-refractivity contribution in [3.05, 3.63) is 60.7 Å². The molecule has 0 aliphatic rings. The highest BCUT2D eigenvalue weighted by molar-refractivity contribution is 5.92. The van der Waals surface area contributed by atoms with Gasteiger partial charge in [-0.25, -0.2) is 4.98 Å². The van der Waals surface area contributed by atoms with Crippen LogP contribution < -0.4 is 10.1 Å². The van der Waals surface area contributed by atoms with E-state index in [2.05, 4.69) is 20.5 Å². The van der Waals surface area contributed by atoms with Crippen molar-refractivity contribution in [2.45, 2.75) is 6.92 Å². The lowest BCUT2D eigenvalue weighted by atomic mass is 10.1. The lowest BCUT2D eigenvalue weighted by Gasteiger charge is -2.05. The van der Waals surface area contributed by atoms with Crippen LogP contribution in [-0.2, 0) is 4.79 Å². The average molecular weight is 358 g/mol. The average Bonchev–Trinajstić information content (AvgIpc) is 3.11. The molecule has 6 nitrogen and oxygen atoms in total. The molecule has 2 aromatic heterocycles. The SMILES string of the molecule is COc1ccc(-c2[nH]nc3nc(-c4ccc(NC(C)=O)cc4)ccc23)cc1. The summed E-state index contributed by atoms with van der Waals surface area (Å²) >= 11 is 0. The highest BCUT2D eigenvalue weighted by atomic mass is 16.5. The van der Waals surface area contributed by atoms with Crippen LogP contribution in [0, 0.1) is 0 Å². The second-order valence-corrected chi connectivity index (χ2v) is 6.15. The third-order valence-electron chi connectivity index (χ3n) is 4.30. The number of nitrogens with zero attached hydrogens (tertiary/aromatic N) is 2. The molecule has 27 heavy (non-hydrogen) atoms. The number of pyridine rings is 1. The Hall–Kier alpha value is -3.67. The van der Waals surface area contributed by atoms with Crippen LogP contribution in [0.15, 0.2) is 60.7 Å². The van der Waals surface area contributed by atoms with Crippen molar-refractivity contribution in [1.29, 1.82) is 0 Å². The fourth-order valence-electron chi connectivity index (χ4n) is 2.96. The van der Waals surface area contributed by atoms with E-state index in [1.54, 1.807) is 7.11 Å². The Morgan fingerprint density at radius 2 is 1.67 bits per heavy atom. The quantitative estimate of drug-likeness (QED) is 0.571. The molecule has 6 heteroatoms. The molecule has 2 heterocycles. The number of anilines is 1. The molecular formula is C21H18N4O2. The van der Waals surface area contributed by atoms with E-state index < -0.39 is 0 Å². The minimum Gasteiger partial charge on any atom is -0.497 e. The first-order valence-corrected chi connectivity index (χ1v) is 8.51. The van der Waals surface area contributed by atoms with Crippen LogP contribution in [0.1, 0.15) is 6.92 Å². The van der Waals surface area contributed by atoms with Gasteiger partial charge in [-0.15, -0.1) is 0 Å². The van der Waals surface area contributed by atoms with Crippen LogP contribution in [0.2, 0.25) is 0 Å². The summed E-state index contributed by atoms with van der Waals surface area (Å²) in [5, 5.41) is 11.1. The van der Waals surface area contributed by atoms with E-state index in [0.717, 1.165) is 39.3 Å². The number of benzene rings is 2. The van der Waals surface area contributed by atoms with Crippen molar-refractivity contribution in [2.24, 2.45) is 0 Å². The van der Waals surface area contributed by atoms with Crippen molar-refractivity contribution < 1.29 is 9.53 Å². The number of rotatable bonds is 4. The predicted molar refractivity (Wildman–Crippen MR) is 106 cm³/mol. The van der Waals surface area contributed by atoms with Crippen LogP contribution in [0.25, 0.3) is 33.5 Å². The highest BCUT2D eigenvalue weighted by Crippen LogP contribution is 2.29. The number of fused-ring (bicyclic) bond motifs is 1. The maximum absolute atomic E-state index is 11.1. The third-order valence-corrected chi connectivity index (χ3v) is 4.30. The first-order chi connectivity index (χ1) is 13.1. The Bertz CT molecular complexity index is 1100. The summed E-state index contributed by atoms with van der Waals surface area (Å²) < 4.78 is 5.21. The van der Waals surface area contributed by atoms with E-state index in [4.69, 9.17) is 4.74 Å². The van der Waals surface area contributed by atoms with Gasteiger partial charge in [-0.05, 0) is 48.5 Å². The van der Waals surface area contributed by atoms with Gasteiger partial charge in [0.05, 0.1) is 18.5 Å². The molecule has 1 amide bonds. The number of ether oxygens (including phenoxy) is 1. The molecule has 0 atom stereocenters. The Morgan fingerprint density at radius 3 is 2.33 bits per heavy atom. The number of aromatic nitrogens is 3. The second-order valence-electron chi connectivity index (χ2n) is 6.15. The molecule has 4 rings (SSSR count). The van der Waals surface area contributed by atoms with Crippen molar-refractivity contribution in [3.63, 3.8) is 0 Å². The third kappa shape index (κ3) is 3.37. The van der Waals surface area contributed by atoms with Crippen molar-refractivity contribution in [3.8, 4) is 28.3 Å². The van der Waals surface area contributed by atoms with E-state index >= 15 is 0 Å². The van der Waals surface area contributed by atoms with Crippen molar-refractivity contribution in [2.75, 3.05) is 12.4 Å². The zero-order valence-electron chi connectivity index (χ0n) is 15.0. The van der Waals surface area contributed by atoms with E-state index in [9.17, 15) is 4.79 Å². The van der Waals surface area contributed by atoms with Crippen LogP contribution in [0.3, 0.4) is 0 Å². The molecule has 134 valence electrons. The largest absolute Gasteiger partial charge is 0.497 e. The van der Waals surface area contributed by atoms with Gasteiger partial charge in [0.25, 0.3) is 0 Å². The number of nitrogens with one attached hydrogen (secondary N) is 2. The Kier molecular flexibility index (Phi) is 4.30. The molecule has 0 bridgehead atoms. The van der Waals surface area contributed by atoms with Crippen LogP contribution in [0.5, 0.6) is 5.75 Å². The molecule has 2 aromatic carbocycles. The summed E-state index contributed by atoms with van der Waals surface area (Å²) in [5.74, 6) is 0.718. The second kappa shape index (κ2) is 6.92. The van der Waals surface area contributed by atoms with Gasteiger partial charge >= 0.3 is 0 Å². The smallest absolute Gasteiger partial charge is 0.221 e. The van der Waals surface area contributed by atoms with E-state index in [-0.39, 0.29) is 5.91 Å². The van der Waals surface area contributed by atoms with Gasteiger partial charge in [0.1, 0.15) is 5.75 Å². The lowest BCUT2D eigenvalue weighted by Crippen LogP contribution is -2.05. The van der Waals surface area contributed by atoms with Gasteiger partial charge in [0.2, 0.25) is 5.91 Å². The number of carbonyl (C=O) groups is 1. The number of carbonyl (C=O) groups excluding carboxylic acids is 1. The molecule has 0 saturated carbocycles. The fourth-order valence-corrected chi connectivity index (χ4v) is 2.96. The lowest BCUT2D eigenvalue weighted by molar-refractivity contribution is -0.114. The standard InChI is InChI=1S/C21H18N4O2/c1-13(26)22-16-7-3-14(4-8-16)19-12-11-18-20(24-25-21(18)23-19)15-5-9-17(27-2)10-6-15/h3-12H,1-2H3,(H,22,26)(H,23,24,25). The van der Waals surface area contributed by atoms with E-state index in [1.165, 1.54) is 6.92 Å². The molecule has 0 radical (unpaired) electrons. The Balaban J connectivity index is 1.66. The maximum Gasteiger partial charge on any atom is 0.221 e. The van der Waals surface area contributed by atoms with Crippen LogP contribution in [-0.4, -0.2) is 28.2 Å². The minimum atomic E-state index is -0.0927. The molecule has 0 aliphatic heterocycles. The summed E-state index contributed by atoms with van der Waals surface area (Å²) in [4.78, 5) is 15.8. The summed E-state index contributed by atoms with van der Waals surface area (Å²) in [6.07, 6.45) is 0. The molecule has 0 aliphatic carbocycles. The maximum atomic E-state index is 11.1. The Morgan fingerprint density at radius 1 is 0.963 bits per heavy atom. The van der Waals surface area contributed by atoms with Crippen molar-refractivity contribution >= 4 is 22.6 Å². The van der Waals surface area contributed by atoms with Gasteiger partial charge < -0.3 is 10.1 Å². The van der Waals surface area contributed by atoms with Crippen LogP contribution >= 0.6 is 0 Å². The molecule has 0 unspecified atom stereocenters. The van der Waals surface area contributed by atoms with E-state index in [0.29, 0.717) is 5.65 Å². The highest BCUT2D eigenvalue weighted by Gasteiger charge is 2.10. The molecule has 4 aromatic rings. The fraction of sp³-hybridized carbons (Fsp3) is 0.0952. The number of hydrogen-bond acceptors (Lipinski definition) is 4. The molecule has 0 spiro atoms.